The summed E-state index contributed by atoms with van der Waals surface area (Å²) in [6.45, 7) is 0. The third kappa shape index (κ3) is 1.76. The zero-order valence-corrected chi connectivity index (χ0v) is 10.3. The van der Waals surface area contributed by atoms with Crippen molar-refractivity contribution in [3.8, 4) is 22.8 Å². The first-order chi connectivity index (χ1) is 9.58. The van der Waals surface area contributed by atoms with Crippen LogP contribution in [-0.2, 0) is 0 Å². The number of rotatable bonds is 1. The molecule has 3 rings (SSSR count). The molecular formula is C15H11NO4. The molecule has 0 aliphatic heterocycles. The van der Waals surface area contributed by atoms with E-state index in [1.807, 2.05) is 0 Å². The fourth-order valence-electron chi connectivity index (χ4n) is 2.01. The van der Waals surface area contributed by atoms with Crippen molar-refractivity contribution < 1.29 is 14.6 Å². The first-order valence-corrected chi connectivity index (χ1v) is 5.91. The predicted molar refractivity (Wildman–Crippen MR) is 75.7 cm³/mol. The fraction of sp³-hybridized carbons (Fsp3) is 0. The minimum absolute atomic E-state index is 0.00370. The normalized spacial score (nSPS) is 10.8. The van der Waals surface area contributed by atoms with Gasteiger partial charge >= 0.3 is 0 Å². The second kappa shape index (κ2) is 4.31. The van der Waals surface area contributed by atoms with Gasteiger partial charge < -0.3 is 20.4 Å². The van der Waals surface area contributed by atoms with Gasteiger partial charge in [0.05, 0.1) is 11.1 Å². The van der Waals surface area contributed by atoms with Gasteiger partial charge in [0.1, 0.15) is 11.3 Å². The van der Waals surface area contributed by atoms with Gasteiger partial charge in [0.15, 0.2) is 5.76 Å². The van der Waals surface area contributed by atoms with Crippen molar-refractivity contribution in [2.45, 2.75) is 0 Å². The van der Waals surface area contributed by atoms with Crippen LogP contribution >= 0.6 is 0 Å². The predicted octanol–water partition coefficient (Wildman–Crippen LogP) is 2.45. The molecule has 5 nitrogen and oxygen atoms in total. The number of para-hydroxylation sites is 1. The van der Waals surface area contributed by atoms with Crippen LogP contribution in [0, 0.1) is 0 Å². The van der Waals surface area contributed by atoms with Gasteiger partial charge in [-0.1, -0.05) is 12.1 Å². The highest BCUT2D eigenvalue weighted by Crippen LogP contribution is 2.33. The largest absolute Gasteiger partial charge is 0.506 e. The lowest BCUT2D eigenvalue weighted by Crippen LogP contribution is -2.02. The van der Waals surface area contributed by atoms with Gasteiger partial charge in [-0.3, -0.25) is 4.79 Å². The van der Waals surface area contributed by atoms with Crippen LogP contribution < -0.4 is 11.2 Å². The lowest BCUT2D eigenvalue weighted by Gasteiger charge is -2.07. The van der Waals surface area contributed by atoms with Gasteiger partial charge in [0.25, 0.3) is 0 Å². The number of anilines is 1. The van der Waals surface area contributed by atoms with E-state index in [1.165, 1.54) is 12.1 Å². The Kier molecular flexibility index (Phi) is 2.61. The lowest BCUT2D eigenvalue weighted by molar-refractivity contribution is 0.448. The monoisotopic (exact) mass is 269 g/mol. The van der Waals surface area contributed by atoms with Gasteiger partial charge in [-0.2, -0.15) is 0 Å². The van der Waals surface area contributed by atoms with Crippen molar-refractivity contribution in [2.75, 3.05) is 5.73 Å². The standard InChI is InChI=1S/C15H11NO4/c16-10-6-5-8(7-11(10)17)15-14(19)13(18)9-3-1-2-4-12(9)20-15/h1-7,17,19H,16H2. The fourth-order valence-corrected chi connectivity index (χ4v) is 2.01. The summed E-state index contributed by atoms with van der Waals surface area (Å²) in [6, 6.07) is 11.0. The Morgan fingerprint density at radius 2 is 1.80 bits per heavy atom. The van der Waals surface area contributed by atoms with Gasteiger partial charge in [0.2, 0.25) is 11.2 Å². The molecule has 0 aliphatic carbocycles. The molecule has 0 saturated carbocycles. The molecule has 1 aromatic heterocycles. The zero-order chi connectivity index (χ0) is 14.3. The molecule has 0 radical (unpaired) electrons. The van der Waals surface area contributed by atoms with E-state index in [-0.39, 0.29) is 17.2 Å². The van der Waals surface area contributed by atoms with Crippen LogP contribution in [-0.4, -0.2) is 10.2 Å². The van der Waals surface area contributed by atoms with Gasteiger partial charge in [-0.05, 0) is 30.3 Å². The topological polar surface area (TPSA) is 96.7 Å². The van der Waals surface area contributed by atoms with E-state index in [9.17, 15) is 15.0 Å². The summed E-state index contributed by atoms with van der Waals surface area (Å²) < 4.78 is 5.55. The highest BCUT2D eigenvalue weighted by molar-refractivity contribution is 5.82. The van der Waals surface area contributed by atoms with Crippen molar-refractivity contribution in [1.82, 2.24) is 0 Å². The van der Waals surface area contributed by atoms with Crippen LogP contribution in [0.15, 0.2) is 51.7 Å². The molecule has 0 aliphatic rings. The first kappa shape index (κ1) is 12.1. The molecular weight excluding hydrogens is 258 g/mol. The molecule has 0 saturated heterocycles. The summed E-state index contributed by atoms with van der Waals surface area (Å²) in [4.78, 5) is 12.1. The summed E-state index contributed by atoms with van der Waals surface area (Å²) in [7, 11) is 0. The Morgan fingerprint density at radius 1 is 1.05 bits per heavy atom. The summed E-state index contributed by atoms with van der Waals surface area (Å²) in [6.07, 6.45) is 0. The molecule has 4 N–H and O–H groups in total. The molecule has 20 heavy (non-hydrogen) atoms. The molecule has 1 heterocycles. The minimum atomic E-state index is -0.516. The number of hydrogen-bond donors (Lipinski definition) is 3. The smallest absolute Gasteiger partial charge is 0.235 e. The van der Waals surface area contributed by atoms with Gasteiger partial charge in [-0.25, -0.2) is 0 Å². The van der Waals surface area contributed by atoms with Crippen LogP contribution in [0.1, 0.15) is 0 Å². The number of phenolic OH excluding ortho intramolecular Hbond substituents is 1. The Labute approximate surface area is 113 Å². The molecule has 0 atom stereocenters. The molecule has 0 bridgehead atoms. The Bertz CT molecular complexity index is 867. The number of phenols is 1. The third-order valence-electron chi connectivity index (χ3n) is 3.07. The van der Waals surface area contributed by atoms with Crippen molar-refractivity contribution >= 4 is 16.7 Å². The average molecular weight is 269 g/mol. The number of hydrogen-bond acceptors (Lipinski definition) is 5. The highest BCUT2D eigenvalue weighted by atomic mass is 16.4. The van der Waals surface area contributed by atoms with E-state index in [1.54, 1.807) is 30.3 Å². The molecule has 100 valence electrons. The number of nitrogens with two attached hydrogens (primary N) is 1. The maximum absolute atomic E-state index is 12.1. The zero-order valence-electron chi connectivity index (χ0n) is 10.3. The Morgan fingerprint density at radius 3 is 2.55 bits per heavy atom. The minimum Gasteiger partial charge on any atom is -0.506 e. The van der Waals surface area contributed by atoms with Crippen LogP contribution in [0.5, 0.6) is 11.5 Å². The summed E-state index contributed by atoms with van der Waals surface area (Å²) in [5.41, 5.74) is 5.94. The van der Waals surface area contributed by atoms with E-state index in [0.717, 1.165) is 0 Å². The number of benzene rings is 2. The van der Waals surface area contributed by atoms with E-state index in [4.69, 9.17) is 10.2 Å². The molecule has 3 aromatic rings. The quantitative estimate of drug-likeness (QED) is 0.465. The first-order valence-electron chi connectivity index (χ1n) is 5.91. The van der Waals surface area contributed by atoms with Crippen LogP contribution in [0.4, 0.5) is 5.69 Å². The number of nitrogen functional groups attached to an aromatic ring is 1. The van der Waals surface area contributed by atoms with E-state index in [2.05, 4.69) is 0 Å². The third-order valence-corrected chi connectivity index (χ3v) is 3.07. The maximum atomic E-state index is 12.1. The molecule has 0 fully saturated rings. The van der Waals surface area contributed by atoms with E-state index >= 15 is 0 Å². The van der Waals surface area contributed by atoms with E-state index < -0.39 is 11.2 Å². The second-order valence-corrected chi connectivity index (χ2v) is 4.38. The summed E-state index contributed by atoms with van der Waals surface area (Å²) >= 11 is 0. The Hall–Kier alpha value is -2.95. The summed E-state index contributed by atoms with van der Waals surface area (Å²) in [5.74, 6) is -0.630. The molecule has 5 heteroatoms. The molecule has 0 amide bonds. The SMILES string of the molecule is Nc1ccc(-c2oc3ccccc3c(=O)c2O)cc1O. The van der Waals surface area contributed by atoms with Crippen LogP contribution in [0.2, 0.25) is 0 Å². The van der Waals surface area contributed by atoms with Gasteiger partial charge in [-0.15, -0.1) is 0 Å². The van der Waals surface area contributed by atoms with Crippen molar-refractivity contribution in [1.29, 1.82) is 0 Å². The number of aromatic hydroxyl groups is 2. The summed E-state index contributed by atoms with van der Waals surface area (Å²) in [5, 5.41) is 19.9. The van der Waals surface area contributed by atoms with Crippen molar-refractivity contribution in [3.63, 3.8) is 0 Å². The van der Waals surface area contributed by atoms with Crippen LogP contribution in [0.25, 0.3) is 22.3 Å². The van der Waals surface area contributed by atoms with Crippen molar-refractivity contribution in [2.24, 2.45) is 0 Å². The highest BCUT2D eigenvalue weighted by Gasteiger charge is 2.15. The Balaban J connectivity index is 2.33. The van der Waals surface area contributed by atoms with Crippen molar-refractivity contribution in [3.05, 3.63) is 52.7 Å². The van der Waals surface area contributed by atoms with Gasteiger partial charge in [0, 0.05) is 5.56 Å². The molecule has 2 aromatic carbocycles. The van der Waals surface area contributed by atoms with Crippen LogP contribution in [0.3, 0.4) is 0 Å². The molecule has 0 spiro atoms. The second-order valence-electron chi connectivity index (χ2n) is 4.38. The number of fused-ring (bicyclic) bond motifs is 1. The average Bonchev–Trinajstić information content (AvgIpc) is 2.46. The van der Waals surface area contributed by atoms with E-state index in [0.29, 0.717) is 16.5 Å². The lowest BCUT2D eigenvalue weighted by atomic mass is 10.1. The molecule has 0 unspecified atom stereocenters. The maximum Gasteiger partial charge on any atom is 0.235 e.